The molecule has 0 aliphatic carbocycles. The molecular weight excluding hydrogens is 404 g/mol. The summed E-state index contributed by atoms with van der Waals surface area (Å²) in [5.41, 5.74) is 2.44. The largest absolute Gasteiger partial charge is 0.489 e. The van der Waals surface area contributed by atoms with Gasteiger partial charge in [0.2, 0.25) is 0 Å². The first-order valence-corrected chi connectivity index (χ1v) is 9.55. The van der Waals surface area contributed by atoms with E-state index in [0.717, 1.165) is 11.1 Å². The first kappa shape index (κ1) is 19.7. The number of halogens is 1. The van der Waals surface area contributed by atoms with Crippen LogP contribution >= 0.6 is 11.6 Å². The van der Waals surface area contributed by atoms with Gasteiger partial charge in [-0.15, -0.1) is 0 Å². The zero-order valence-electron chi connectivity index (χ0n) is 16.1. The van der Waals surface area contributed by atoms with Crippen LogP contribution in [0.15, 0.2) is 82.0 Å². The summed E-state index contributed by atoms with van der Waals surface area (Å²) < 4.78 is 16.4. The highest BCUT2D eigenvalue weighted by Gasteiger charge is 2.09. The van der Waals surface area contributed by atoms with Crippen molar-refractivity contribution in [3.63, 3.8) is 0 Å². The highest BCUT2D eigenvalue weighted by Crippen LogP contribution is 2.26. The van der Waals surface area contributed by atoms with Crippen molar-refractivity contribution in [2.75, 3.05) is 7.11 Å². The SMILES string of the molecule is COC(=O)c1ccc(COc2ccc3oc(-c4ccc(Cl)cc4)cc(=O)c3c2)cc1. The Kier molecular flexibility index (Phi) is 5.55. The summed E-state index contributed by atoms with van der Waals surface area (Å²) >= 11 is 5.92. The zero-order chi connectivity index (χ0) is 21.1. The topological polar surface area (TPSA) is 65.7 Å². The van der Waals surface area contributed by atoms with E-state index in [1.165, 1.54) is 13.2 Å². The summed E-state index contributed by atoms with van der Waals surface area (Å²) in [5.74, 6) is 0.635. The van der Waals surface area contributed by atoms with E-state index in [1.54, 1.807) is 66.7 Å². The number of esters is 1. The summed E-state index contributed by atoms with van der Waals surface area (Å²) in [4.78, 5) is 24.1. The molecule has 0 aliphatic rings. The highest BCUT2D eigenvalue weighted by molar-refractivity contribution is 6.30. The van der Waals surface area contributed by atoms with Gasteiger partial charge in [0.1, 0.15) is 23.7 Å². The average Bonchev–Trinajstić information content (AvgIpc) is 2.78. The van der Waals surface area contributed by atoms with E-state index in [1.807, 2.05) is 0 Å². The summed E-state index contributed by atoms with van der Waals surface area (Å²) in [7, 11) is 1.34. The molecular formula is C24H17ClO5. The van der Waals surface area contributed by atoms with Crippen molar-refractivity contribution >= 4 is 28.5 Å². The van der Waals surface area contributed by atoms with Crippen molar-refractivity contribution in [1.29, 1.82) is 0 Å². The molecule has 0 unspecified atom stereocenters. The Morgan fingerprint density at radius 2 is 1.70 bits per heavy atom. The summed E-state index contributed by atoms with van der Waals surface area (Å²) in [5, 5.41) is 1.05. The van der Waals surface area contributed by atoms with Crippen LogP contribution in [0, 0.1) is 0 Å². The molecule has 5 nitrogen and oxygen atoms in total. The van der Waals surface area contributed by atoms with Crippen molar-refractivity contribution in [2.24, 2.45) is 0 Å². The van der Waals surface area contributed by atoms with Crippen LogP contribution in [0.4, 0.5) is 0 Å². The lowest BCUT2D eigenvalue weighted by Crippen LogP contribution is -2.03. The van der Waals surface area contributed by atoms with Crippen molar-refractivity contribution in [2.45, 2.75) is 6.61 Å². The molecule has 0 atom stereocenters. The average molecular weight is 421 g/mol. The smallest absolute Gasteiger partial charge is 0.337 e. The third-order valence-corrected chi connectivity index (χ3v) is 4.86. The molecule has 4 aromatic rings. The Balaban J connectivity index is 1.54. The number of carbonyl (C=O) groups excluding carboxylic acids is 1. The van der Waals surface area contributed by atoms with E-state index in [9.17, 15) is 9.59 Å². The lowest BCUT2D eigenvalue weighted by atomic mass is 10.1. The van der Waals surface area contributed by atoms with Gasteiger partial charge in [-0.2, -0.15) is 0 Å². The molecule has 0 fully saturated rings. The Morgan fingerprint density at radius 1 is 0.967 bits per heavy atom. The minimum atomic E-state index is -0.387. The fourth-order valence-corrected chi connectivity index (χ4v) is 3.13. The Bertz CT molecular complexity index is 1260. The minimum absolute atomic E-state index is 0.158. The van der Waals surface area contributed by atoms with E-state index in [2.05, 4.69) is 4.74 Å². The minimum Gasteiger partial charge on any atom is -0.489 e. The molecule has 0 saturated carbocycles. The van der Waals surface area contributed by atoms with Crippen LogP contribution in [0.3, 0.4) is 0 Å². The van der Waals surface area contributed by atoms with E-state index >= 15 is 0 Å². The third-order valence-electron chi connectivity index (χ3n) is 4.61. The molecule has 1 heterocycles. The number of hydrogen-bond acceptors (Lipinski definition) is 5. The van der Waals surface area contributed by atoms with Crippen molar-refractivity contribution in [3.05, 3.63) is 99.2 Å². The Morgan fingerprint density at radius 3 is 2.40 bits per heavy atom. The Labute approximate surface area is 177 Å². The number of fused-ring (bicyclic) bond motifs is 1. The molecule has 0 amide bonds. The fraction of sp³-hybridized carbons (Fsp3) is 0.0833. The first-order chi connectivity index (χ1) is 14.5. The zero-order valence-corrected chi connectivity index (χ0v) is 16.8. The van der Waals surface area contributed by atoms with Gasteiger partial charge in [0, 0.05) is 16.7 Å². The van der Waals surface area contributed by atoms with Crippen molar-refractivity contribution < 1.29 is 18.7 Å². The van der Waals surface area contributed by atoms with Gasteiger partial charge in [0.25, 0.3) is 0 Å². The van der Waals surface area contributed by atoms with E-state index in [0.29, 0.717) is 39.7 Å². The van der Waals surface area contributed by atoms with E-state index in [4.69, 9.17) is 20.8 Å². The summed E-state index contributed by atoms with van der Waals surface area (Å²) in [6, 6.07) is 20.6. The highest BCUT2D eigenvalue weighted by atomic mass is 35.5. The van der Waals surface area contributed by atoms with Gasteiger partial charge in [0.05, 0.1) is 18.1 Å². The van der Waals surface area contributed by atoms with Crippen LogP contribution in [-0.4, -0.2) is 13.1 Å². The molecule has 1 aromatic heterocycles. The number of benzene rings is 3. The number of hydrogen-bond donors (Lipinski definition) is 0. The molecule has 6 heteroatoms. The second-order valence-corrected chi connectivity index (χ2v) is 7.05. The van der Waals surface area contributed by atoms with Crippen LogP contribution in [0.2, 0.25) is 5.02 Å². The lowest BCUT2D eigenvalue weighted by molar-refractivity contribution is 0.0600. The van der Waals surface area contributed by atoms with E-state index < -0.39 is 0 Å². The molecule has 3 aromatic carbocycles. The monoisotopic (exact) mass is 420 g/mol. The molecule has 150 valence electrons. The van der Waals surface area contributed by atoms with Crippen LogP contribution < -0.4 is 10.2 Å². The normalized spacial score (nSPS) is 10.7. The quantitative estimate of drug-likeness (QED) is 0.400. The van der Waals surface area contributed by atoms with Gasteiger partial charge in [-0.25, -0.2) is 4.79 Å². The number of rotatable bonds is 5. The van der Waals surface area contributed by atoms with Crippen LogP contribution in [0.25, 0.3) is 22.3 Å². The van der Waals surface area contributed by atoms with Crippen LogP contribution in [-0.2, 0) is 11.3 Å². The maximum atomic E-state index is 12.6. The molecule has 0 N–H and O–H groups in total. The van der Waals surface area contributed by atoms with Gasteiger partial charge in [-0.1, -0.05) is 23.7 Å². The van der Waals surface area contributed by atoms with E-state index in [-0.39, 0.29) is 11.4 Å². The molecule has 0 bridgehead atoms. The summed E-state index contributed by atoms with van der Waals surface area (Å²) in [6.07, 6.45) is 0. The number of carbonyl (C=O) groups is 1. The van der Waals surface area contributed by atoms with Crippen molar-refractivity contribution in [1.82, 2.24) is 0 Å². The lowest BCUT2D eigenvalue weighted by Gasteiger charge is -2.08. The molecule has 0 saturated heterocycles. The molecule has 30 heavy (non-hydrogen) atoms. The van der Waals surface area contributed by atoms with Crippen LogP contribution in [0.5, 0.6) is 5.75 Å². The molecule has 4 rings (SSSR count). The second kappa shape index (κ2) is 8.43. The predicted molar refractivity (Wildman–Crippen MR) is 115 cm³/mol. The van der Waals surface area contributed by atoms with Crippen molar-refractivity contribution in [3.8, 4) is 17.1 Å². The number of methoxy groups -OCH3 is 1. The maximum Gasteiger partial charge on any atom is 0.337 e. The molecule has 0 spiro atoms. The Hall–Kier alpha value is -3.57. The number of ether oxygens (including phenoxy) is 2. The maximum absolute atomic E-state index is 12.6. The van der Waals surface area contributed by atoms with Gasteiger partial charge in [0.15, 0.2) is 5.43 Å². The van der Waals surface area contributed by atoms with Crippen LogP contribution in [0.1, 0.15) is 15.9 Å². The molecule has 0 radical (unpaired) electrons. The first-order valence-electron chi connectivity index (χ1n) is 9.17. The van der Waals surface area contributed by atoms with Gasteiger partial charge < -0.3 is 13.9 Å². The second-order valence-electron chi connectivity index (χ2n) is 6.62. The molecule has 0 aliphatic heterocycles. The third kappa shape index (κ3) is 4.21. The fourth-order valence-electron chi connectivity index (χ4n) is 3.00. The van der Waals surface area contributed by atoms with Gasteiger partial charge >= 0.3 is 5.97 Å². The standard InChI is InChI=1S/C24H17ClO5/c1-28-24(27)17-4-2-15(3-5-17)14-29-19-10-11-22-20(12-19)21(26)13-23(30-22)16-6-8-18(25)9-7-16/h2-13H,14H2,1H3. The van der Waals surface area contributed by atoms with Gasteiger partial charge in [-0.05, 0) is 60.2 Å². The summed E-state index contributed by atoms with van der Waals surface area (Å²) in [6.45, 7) is 0.293. The predicted octanol–water partition coefficient (Wildman–Crippen LogP) is 5.48. The van der Waals surface area contributed by atoms with Gasteiger partial charge in [-0.3, -0.25) is 4.79 Å².